The second kappa shape index (κ2) is 8.56. The topological polar surface area (TPSA) is 0 Å². The molecular weight excluding hydrogens is 433 g/mol. The summed E-state index contributed by atoms with van der Waals surface area (Å²) in [6.07, 6.45) is 0.0848. The summed E-state index contributed by atoms with van der Waals surface area (Å²) in [6.45, 7) is 3.71. The summed E-state index contributed by atoms with van der Waals surface area (Å²) >= 11 is 0. The maximum Gasteiger partial charge on any atom is 0.422 e. The van der Waals surface area contributed by atoms with E-state index in [1.807, 2.05) is 0 Å². The van der Waals surface area contributed by atoms with E-state index in [0.29, 0.717) is 49.7 Å². The summed E-state index contributed by atoms with van der Waals surface area (Å²) in [5.41, 5.74) is -0.689. The van der Waals surface area contributed by atoms with Crippen LogP contribution in [0.5, 0.6) is 0 Å². The van der Waals surface area contributed by atoms with Gasteiger partial charge in [0.2, 0.25) is 0 Å². The Morgan fingerprint density at radius 3 is 2.22 bits per heavy atom. The molecule has 0 heterocycles. The molecule has 1 saturated carbocycles. The van der Waals surface area contributed by atoms with Crippen molar-refractivity contribution in [3.05, 3.63) is 82.4 Å². The quantitative estimate of drug-likeness (QED) is 0.322. The van der Waals surface area contributed by atoms with Crippen molar-refractivity contribution in [1.82, 2.24) is 0 Å². The molecule has 0 radical (unpaired) electrons. The fourth-order valence-electron chi connectivity index (χ4n) is 5.91. The number of fused-ring (bicyclic) bond motifs is 3. The molecule has 32 heavy (non-hydrogen) atoms. The average molecular weight is 456 g/mol. The van der Waals surface area contributed by atoms with Gasteiger partial charge in [0.05, 0.1) is 0 Å². The van der Waals surface area contributed by atoms with Gasteiger partial charge in [-0.15, -0.1) is 6.58 Å². The van der Waals surface area contributed by atoms with Crippen LogP contribution < -0.4 is 0 Å². The van der Waals surface area contributed by atoms with Crippen LogP contribution in [0, 0.1) is 35.1 Å². The Labute approximate surface area is 182 Å². The van der Waals surface area contributed by atoms with E-state index in [9.17, 15) is 30.7 Å². The van der Waals surface area contributed by atoms with E-state index in [0.717, 1.165) is 18.2 Å². The van der Waals surface area contributed by atoms with Crippen molar-refractivity contribution in [2.75, 3.05) is 0 Å². The lowest BCUT2D eigenvalue weighted by Crippen LogP contribution is -2.36. The van der Waals surface area contributed by atoms with Crippen LogP contribution in [0.4, 0.5) is 30.7 Å². The minimum Gasteiger partial charge on any atom is -0.207 e. The van der Waals surface area contributed by atoms with Gasteiger partial charge < -0.3 is 0 Å². The molecule has 1 fully saturated rings. The van der Waals surface area contributed by atoms with Crippen molar-refractivity contribution < 1.29 is 30.7 Å². The number of alkyl halides is 3. The number of hydrogen-bond acceptors (Lipinski definition) is 0. The molecule has 2 aliphatic rings. The Kier molecular flexibility index (Phi) is 6.12. The highest BCUT2D eigenvalue weighted by atomic mass is 19.4. The van der Waals surface area contributed by atoms with Crippen LogP contribution in [0.2, 0.25) is 0 Å². The number of benzene rings is 2. The van der Waals surface area contributed by atoms with Gasteiger partial charge >= 0.3 is 6.18 Å². The number of halogens is 7. The first-order chi connectivity index (χ1) is 15.1. The lowest BCUT2D eigenvalue weighted by atomic mass is 9.57. The van der Waals surface area contributed by atoms with E-state index < -0.39 is 40.9 Å². The Morgan fingerprint density at radius 1 is 0.906 bits per heavy atom. The molecule has 4 rings (SSSR count). The van der Waals surface area contributed by atoms with Crippen LogP contribution in [-0.4, -0.2) is 0 Å². The van der Waals surface area contributed by atoms with Gasteiger partial charge in [-0.25, -0.2) is 17.6 Å². The fourth-order valence-corrected chi connectivity index (χ4v) is 5.91. The summed E-state index contributed by atoms with van der Waals surface area (Å²) in [7, 11) is 0. The molecule has 0 N–H and O–H groups in total. The van der Waals surface area contributed by atoms with Crippen molar-refractivity contribution in [3.63, 3.8) is 0 Å². The second-order valence-corrected chi connectivity index (χ2v) is 8.85. The molecule has 172 valence electrons. The first-order valence-electron chi connectivity index (χ1n) is 10.8. The van der Waals surface area contributed by atoms with Crippen LogP contribution in [0.3, 0.4) is 0 Å². The molecule has 2 aromatic carbocycles. The van der Waals surface area contributed by atoms with Crippen LogP contribution in [0.15, 0.2) is 36.9 Å². The zero-order chi connectivity index (χ0) is 23.2. The highest BCUT2D eigenvalue weighted by Gasteiger charge is 2.45. The molecular formula is C25H23F7. The Balaban J connectivity index is 1.79. The van der Waals surface area contributed by atoms with Crippen molar-refractivity contribution in [2.24, 2.45) is 11.8 Å². The van der Waals surface area contributed by atoms with Gasteiger partial charge in [-0.05, 0) is 97.1 Å². The van der Waals surface area contributed by atoms with Gasteiger partial charge in [0, 0.05) is 6.07 Å². The van der Waals surface area contributed by atoms with Gasteiger partial charge in [-0.2, -0.15) is 13.2 Å². The first-order valence-corrected chi connectivity index (χ1v) is 10.8. The maximum atomic E-state index is 14.4. The van der Waals surface area contributed by atoms with E-state index in [2.05, 4.69) is 6.58 Å². The van der Waals surface area contributed by atoms with Gasteiger partial charge in [0.15, 0.2) is 0 Å². The largest absolute Gasteiger partial charge is 0.422 e. The van der Waals surface area contributed by atoms with E-state index in [1.54, 1.807) is 6.08 Å². The minimum absolute atomic E-state index is 0.0234. The van der Waals surface area contributed by atoms with Crippen molar-refractivity contribution in [2.45, 2.75) is 56.5 Å². The average Bonchev–Trinajstić information content (AvgIpc) is 2.69. The molecule has 4 atom stereocenters. The SMILES string of the molecule is C=CCC[C@@H]1CC[C@H]2c3cc(F)cc(F)c3CC[C@@H]2[C@H]1c1cc(F)c(C(F)(F)F)c(F)c1. The van der Waals surface area contributed by atoms with Crippen molar-refractivity contribution in [3.8, 4) is 0 Å². The number of rotatable bonds is 4. The number of allylic oxidation sites excluding steroid dienone is 1. The molecule has 0 aliphatic heterocycles. The molecule has 0 spiro atoms. The van der Waals surface area contributed by atoms with Crippen molar-refractivity contribution >= 4 is 0 Å². The van der Waals surface area contributed by atoms with E-state index in [-0.39, 0.29) is 23.3 Å². The summed E-state index contributed by atoms with van der Waals surface area (Å²) < 4.78 is 96.4. The molecule has 0 bridgehead atoms. The molecule has 7 heteroatoms. The van der Waals surface area contributed by atoms with Gasteiger partial charge in [-0.3, -0.25) is 0 Å². The predicted octanol–water partition coefficient (Wildman–Crippen LogP) is 8.07. The summed E-state index contributed by atoms with van der Waals surface area (Å²) in [6, 6.07) is 3.76. The molecule has 0 amide bonds. The van der Waals surface area contributed by atoms with E-state index in [1.165, 1.54) is 6.07 Å². The lowest BCUT2D eigenvalue weighted by molar-refractivity contribution is -0.142. The Morgan fingerprint density at radius 2 is 1.59 bits per heavy atom. The fraction of sp³-hybridized carbons (Fsp3) is 0.440. The Hall–Kier alpha value is -2.31. The van der Waals surface area contributed by atoms with Gasteiger partial charge in [-0.1, -0.05) is 6.08 Å². The third-order valence-corrected chi connectivity index (χ3v) is 7.13. The van der Waals surface area contributed by atoms with Crippen LogP contribution in [-0.2, 0) is 12.6 Å². The van der Waals surface area contributed by atoms with E-state index in [4.69, 9.17) is 0 Å². The zero-order valence-corrected chi connectivity index (χ0v) is 17.3. The second-order valence-electron chi connectivity index (χ2n) is 8.85. The third kappa shape index (κ3) is 4.06. The summed E-state index contributed by atoms with van der Waals surface area (Å²) in [4.78, 5) is 0. The molecule has 0 nitrogen and oxygen atoms in total. The molecule has 0 aromatic heterocycles. The van der Waals surface area contributed by atoms with Gasteiger partial charge in [0.25, 0.3) is 0 Å². The maximum absolute atomic E-state index is 14.4. The monoisotopic (exact) mass is 456 g/mol. The van der Waals surface area contributed by atoms with Gasteiger partial charge in [0.1, 0.15) is 28.8 Å². The predicted molar refractivity (Wildman–Crippen MR) is 107 cm³/mol. The lowest BCUT2D eigenvalue weighted by Gasteiger charge is -2.47. The van der Waals surface area contributed by atoms with Crippen LogP contribution >= 0.6 is 0 Å². The summed E-state index contributed by atoms with van der Waals surface area (Å²) in [5, 5.41) is 0. The molecule has 2 aromatic rings. The third-order valence-electron chi connectivity index (χ3n) is 7.13. The number of hydrogen-bond donors (Lipinski definition) is 0. The molecule has 2 aliphatic carbocycles. The van der Waals surface area contributed by atoms with Crippen molar-refractivity contribution in [1.29, 1.82) is 0 Å². The first kappa shape index (κ1) is 22.9. The van der Waals surface area contributed by atoms with E-state index >= 15 is 0 Å². The highest BCUT2D eigenvalue weighted by molar-refractivity contribution is 5.39. The summed E-state index contributed by atoms with van der Waals surface area (Å²) in [5.74, 6) is -5.39. The Bertz CT molecular complexity index is 1000. The zero-order valence-electron chi connectivity index (χ0n) is 17.3. The standard InChI is InChI=1S/C25H23F7/c1-2-3-4-13-5-6-16-18(8-7-17-19(16)11-15(26)12-20(17)27)23(13)14-9-21(28)24(22(29)10-14)25(30,31)32/h2,9-13,16,18,23H,1,3-8H2/t13-,16-,18+,23-/m1/s1. The van der Waals surface area contributed by atoms with Crippen LogP contribution in [0.25, 0.3) is 0 Å². The normalized spacial score (nSPS) is 25.2. The smallest absolute Gasteiger partial charge is 0.207 e. The highest BCUT2D eigenvalue weighted by Crippen LogP contribution is 2.55. The molecule has 0 unspecified atom stereocenters. The molecule has 0 saturated heterocycles. The van der Waals surface area contributed by atoms with Crippen LogP contribution in [0.1, 0.15) is 66.2 Å². The minimum atomic E-state index is -5.14.